The minimum Gasteiger partial charge on any atom is -0.328 e. The van der Waals surface area contributed by atoms with E-state index in [1.165, 1.54) is 21.9 Å². The molecule has 1 aliphatic heterocycles. The van der Waals surface area contributed by atoms with Crippen molar-refractivity contribution in [2.75, 3.05) is 18.0 Å². The third-order valence-electron chi connectivity index (χ3n) is 3.90. The number of hydrogen-bond donors (Lipinski definition) is 0. The first-order valence-electron chi connectivity index (χ1n) is 7.45. The van der Waals surface area contributed by atoms with E-state index < -0.39 is 16.7 Å². The highest BCUT2D eigenvalue weighted by atomic mass is 16.6. The van der Waals surface area contributed by atoms with Crippen LogP contribution >= 0.6 is 0 Å². The van der Waals surface area contributed by atoms with Crippen LogP contribution in [0.1, 0.15) is 5.56 Å². The van der Waals surface area contributed by atoms with Crippen molar-refractivity contribution in [1.82, 2.24) is 4.90 Å². The van der Waals surface area contributed by atoms with E-state index in [1.807, 2.05) is 18.2 Å². The maximum absolute atomic E-state index is 12.3. The Balaban J connectivity index is 1.70. The summed E-state index contributed by atoms with van der Waals surface area (Å²) in [5.41, 5.74) is 1.44. The largest absolute Gasteiger partial charge is 0.328 e. The van der Waals surface area contributed by atoms with E-state index in [2.05, 4.69) is 0 Å². The molecule has 2 aromatic rings. The lowest BCUT2D eigenvalue weighted by Gasteiger charge is -2.33. The molecule has 0 aromatic heterocycles. The highest BCUT2D eigenvalue weighted by Crippen LogP contribution is 2.19. The molecule has 0 spiro atoms. The van der Waals surface area contributed by atoms with E-state index in [9.17, 15) is 19.7 Å². The fourth-order valence-corrected chi connectivity index (χ4v) is 2.62. The molecule has 2 aromatic carbocycles. The van der Waals surface area contributed by atoms with Crippen LogP contribution in [0.5, 0.6) is 0 Å². The zero-order valence-electron chi connectivity index (χ0n) is 12.8. The zero-order chi connectivity index (χ0) is 17.1. The number of anilines is 1. The van der Waals surface area contributed by atoms with Crippen molar-refractivity contribution in [1.29, 1.82) is 0 Å². The van der Waals surface area contributed by atoms with Crippen LogP contribution in [0.4, 0.5) is 11.4 Å². The highest BCUT2D eigenvalue weighted by Gasteiger charge is 2.33. The molecule has 0 saturated carbocycles. The summed E-state index contributed by atoms with van der Waals surface area (Å²) in [5, 5.41) is 10.7. The third-order valence-corrected chi connectivity index (χ3v) is 3.90. The summed E-state index contributed by atoms with van der Waals surface area (Å²) < 4.78 is 0. The Morgan fingerprint density at radius 1 is 0.917 bits per heavy atom. The molecule has 0 atom stereocenters. The first-order valence-corrected chi connectivity index (χ1v) is 7.45. The van der Waals surface area contributed by atoms with Crippen LogP contribution < -0.4 is 4.90 Å². The Morgan fingerprint density at radius 2 is 1.58 bits per heavy atom. The monoisotopic (exact) mass is 325 g/mol. The topological polar surface area (TPSA) is 83.8 Å². The van der Waals surface area contributed by atoms with E-state index in [1.54, 1.807) is 24.3 Å². The van der Waals surface area contributed by atoms with Crippen molar-refractivity contribution in [3.05, 3.63) is 70.3 Å². The van der Waals surface area contributed by atoms with Crippen molar-refractivity contribution in [2.24, 2.45) is 0 Å². The minimum atomic E-state index is -0.566. The first-order chi connectivity index (χ1) is 11.6. The molecule has 1 heterocycles. The summed E-state index contributed by atoms with van der Waals surface area (Å²) in [6.07, 6.45) is 0. The van der Waals surface area contributed by atoms with E-state index in [-0.39, 0.29) is 12.2 Å². The van der Waals surface area contributed by atoms with Crippen LogP contribution in [0, 0.1) is 10.1 Å². The summed E-state index contributed by atoms with van der Waals surface area (Å²) in [5.74, 6) is -1.13. The van der Waals surface area contributed by atoms with Crippen LogP contribution in [0.2, 0.25) is 0 Å². The van der Waals surface area contributed by atoms with Crippen molar-refractivity contribution in [3.8, 4) is 0 Å². The summed E-state index contributed by atoms with van der Waals surface area (Å²) in [4.78, 5) is 37.7. The minimum absolute atomic E-state index is 0.00458. The molecule has 1 aliphatic rings. The molecule has 3 rings (SSSR count). The van der Waals surface area contributed by atoms with Crippen molar-refractivity contribution >= 4 is 23.2 Å². The van der Waals surface area contributed by atoms with Gasteiger partial charge in [0.1, 0.15) is 0 Å². The smallest absolute Gasteiger partial charge is 0.316 e. The predicted molar refractivity (Wildman–Crippen MR) is 87.3 cm³/mol. The molecule has 7 heteroatoms. The van der Waals surface area contributed by atoms with Crippen molar-refractivity contribution < 1.29 is 14.5 Å². The number of amides is 2. The number of non-ortho nitro benzene ring substituents is 1. The van der Waals surface area contributed by atoms with Gasteiger partial charge in [0.25, 0.3) is 5.69 Å². The van der Waals surface area contributed by atoms with Gasteiger partial charge < -0.3 is 9.80 Å². The Hall–Kier alpha value is -3.22. The summed E-state index contributed by atoms with van der Waals surface area (Å²) in [7, 11) is 0. The van der Waals surface area contributed by atoms with Gasteiger partial charge in [0.2, 0.25) is 0 Å². The maximum Gasteiger partial charge on any atom is 0.316 e. The second kappa shape index (κ2) is 6.49. The SMILES string of the molecule is O=C1C(=O)N(c2ccccc2)CCN1Cc1ccc([N+](=O)[O-])cc1. The van der Waals surface area contributed by atoms with Gasteiger partial charge in [0.05, 0.1) is 4.92 Å². The molecule has 2 amide bonds. The molecule has 0 aliphatic carbocycles. The van der Waals surface area contributed by atoms with Gasteiger partial charge in [0.15, 0.2) is 0 Å². The van der Waals surface area contributed by atoms with Crippen molar-refractivity contribution in [3.63, 3.8) is 0 Å². The Kier molecular flexibility index (Phi) is 4.24. The molecule has 1 saturated heterocycles. The van der Waals surface area contributed by atoms with E-state index in [0.29, 0.717) is 18.8 Å². The quantitative estimate of drug-likeness (QED) is 0.489. The molecule has 1 fully saturated rings. The second-order valence-electron chi connectivity index (χ2n) is 5.44. The van der Waals surface area contributed by atoms with Gasteiger partial charge in [0, 0.05) is 37.5 Å². The number of para-hydroxylation sites is 1. The molecule has 0 radical (unpaired) electrons. The van der Waals surface area contributed by atoms with Crippen LogP contribution in [0.15, 0.2) is 54.6 Å². The Bertz CT molecular complexity index is 774. The fourth-order valence-electron chi connectivity index (χ4n) is 2.62. The molecular formula is C17H15N3O4. The van der Waals surface area contributed by atoms with E-state index >= 15 is 0 Å². The van der Waals surface area contributed by atoms with Gasteiger partial charge in [-0.1, -0.05) is 30.3 Å². The van der Waals surface area contributed by atoms with Crippen LogP contribution in [-0.2, 0) is 16.1 Å². The molecule has 122 valence electrons. The average molecular weight is 325 g/mol. The molecule has 0 unspecified atom stereocenters. The summed E-state index contributed by atoms with van der Waals surface area (Å²) >= 11 is 0. The van der Waals surface area contributed by atoms with Crippen LogP contribution in [0.3, 0.4) is 0 Å². The Morgan fingerprint density at radius 3 is 2.21 bits per heavy atom. The second-order valence-corrected chi connectivity index (χ2v) is 5.44. The highest BCUT2D eigenvalue weighted by molar-refractivity contribution is 6.40. The number of nitro groups is 1. The lowest BCUT2D eigenvalue weighted by Crippen LogP contribution is -2.54. The number of benzene rings is 2. The molecule has 24 heavy (non-hydrogen) atoms. The normalized spacial score (nSPS) is 14.8. The van der Waals surface area contributed by atoms with Gasteiger partial charge in [-0.25, -0.2) is 0 Å². The number of piperazine rings is 1. The number of rotatable bonds is 4. The summed E-state index contributed by atoms with van der Waals surface area (Å²) in [6.45, 7) is 1.09. The predicted octanol–water partition coefficient (Wildman–Crippen LogP) is 1.97. The molecule has 0 N–H and O–H groups in total. The molecular weight excluding hydrogens is 310 g/mol. The third kappa shape index (κ3) is 3.10. The number of hydrogen-bond acceptors (Lipinski definition) is 4. The summed E-state index contributed by atoms with van der Waals surface area (Å²) in [6, 6.07) is 15.0. The lowest BCUT2D eigenvalue weighted by molar-refractivity contribution is -0.384. The molecule has 7 nitrogen and oxygen atoms in total. The van der Waals surface area contributed by atoms with Gasteiger partial charge >= 0.3 is 11.8 Å². The van der Waals surface area contributed by atoms with Crippen LogP contribution in [-0.4, -0.2) is 34.7 Å². The van der Waals surface area contributed by atoms with Gasteiger partial charge in [-0.3, -0.25) is 19.7 Å². The average Bonchev–Trinajstić information content (AvgIpc) is 2.60. The first kappa shape index (κ1) is 15.7. The fraction of sp³-hybridized carbons (Fsp3) is 0.176. The van der Waals surface area contributed by atoms with Gasteiger partial charge in [-0.05, 0) is 17.7 Å². The lowest BCUT2D eigenvalue weighted by atomic mass is 10.1. The van der Waals surface area contributed by atoms with Gasteiger partial charge in [-0.15, -0.1) is 0 Å². The number of carbonyl (C=O) groups is 2. The van der Waals surface area contributed by atoms with Crippen molar-refractivity contribution in [2.45, 2.75) is 6.54 Å². The standard InChI is InChI=1S/C17H15N3O4/c21-16-17(22)19(14-4-2-1-3-5-14)11-10-18(16)12-13-6-8-15(9-7-13)20(23)24/h1-9H,10-12H2. The number of carbonyl (C=O) groups excluding carboxylic acids is 2. The number of nitrogens with zero attached hydrogens (tertiary/aromatic N) is 3. The van der Waals surface area contributed by atoms with E-state index in [0.717, 1.165) is 5.56 Å². The maximum atomic E-state index is 12.3. The van der Waals surface area contributed by atoms with E-state index in [4.69, 9.17) is 0 Å². The Labute approximate surface area is 138 Å². The van der Waals surface area contributed by atoms with Crippen LogP contribution in [0.25, 0.3) is 0 Å². The van der Waals surface area contributed by atoms with Gasteiger partial charge in [-0.2, -0.15) is 0 Å². The number of nitro benzene ring substituents is 1. The zero-order valence-corrected chi connectivity index (χ0v) is 12.8. The molecule has 0 bridgehead atoms.